The minimum Gasteiger partial charge on any atom is -0.391 e. The van der Waals surface area contributed by atoms with E-state index in [1.165, 1.54) is 12.8 Å². The van der Waals surface area contributed by atoms with Gasteiger partial charge in [0.1, 0.15) is 0 Å². The van der Waals surface area contributed by atoms with Gasteiger partial charge in [0.2, 0.25) is 0 Å². The van der Waals surface area contributed by atoms with E-state index in [2.05, 4.69) is 5.32 Å². The average molecular weight is 201 g/mol. The monoisotopic (exact) mass is 201 g/mol. The quantitative estimate of drug-likeness (QED) is 0.720. The first kappa shape index (κ1) is 12.0. The van der Waals surface area contributed by atoms with Crippen LogP contribution in [0.15, 0.2) is 0 Å². The van der Waals surface area contributed by atoms with Gasteiger partial charge in [0, 0.05) is 19.6 Å². The van der Waals surface area contributed by atoms with Crippen molar-refractivity contribution in [2.24, 2.45) is 0 Å². The van der Waals surface area contributed by atoms with Crippen molar-refractivity contribution in [1.82, 2.24) is 5.32 Å². The Hall–Kier alpha value is -0.120. The fourth-order valence-corrected chi connectivity index (χ4v) is 1.94. The van der Waals surface area contributed by atoms with Crippen molar-refractivity contribution in [2.45, 2.75) is 57.3 Å². The van der Waals surface area contributed by atoms with Crippen molar-refractivity contribution >= 4 is 0 Å². The lowest BCUT2D eigenvalue weighted by molar-refractivity contribution is -0.0305. The van der Waals surface area contributed by atoms with Gasteiger partial charge in [-0.3, -0.25) is 0 Å². The molecule has 0 aromatic heterocycles. The summed E-state index contributed by atoms with van der Waals surface area (Å²) >= 11 is 0. The first-order valence-corrected chi connectivity index (χ1v) is 5.52. The zero-order valence-electron chi connectivity index (χ0n) is 9.55. The number of piperidine rings is 1. The standard InChI is InChI=1S/C11H23NO2/c1-11(2,14-3)8-10(13)9-6-4-5-7-12-9/h9-10,12-13H,4-8H2,1-3H3. The maximum Gasteiger partial charge on any atom is 0.0720 e. The highest BCUT2D eigenvalue weighted by atomic mass is 16.5. The van der Waals surface area contributed by atoms with E-state index >= 15 is 0 Å². The number of methoxy groups -OCH3 is 1. The second-order valence-corrected chi connectivity index (χ2v) is 4.79. The van der Waals surface area contributed by atoms with E-state index in [4.69, 9.17) is 4.74 Å². The predicted octanol–water partition coefficient (Wildman–Crippen LogP) is 1.30. The Balaban J connectivity index is 2.36. The molecule has 0 saturated carbocycles. The Morgan fingerprint density at radius 3 is 2.71 bits per heavy atom. The lowest BCUT2D eigenvalue weighted by Crippen LogP contribution is -2.46. The first-order valence-electron chi connectivity index (χ1n) is 5.52. The number of hydrogen-bond acceptors (Lipinski definition) is 3. The molecule has 2 N–H and O–H groups in total. The van der Waals surface area contributed by atoms with Crippen LogP contribution >= 0.6 is 0 Å². The van der Waals surface area contributed by atoms with Gasteiger partial charge in [-0.25, -0.2) is 0 Å². The van der Waals surface area contributed by atoms with Crippen LogP contribution in [0.2, 0.25) is 0 Å². The van der Waals surface area contributed by atoms with E-state index in [9.17, 15) is 5.11 Å². The van der Waals surface area contributed by atoms with Gasteiger partial charge in [-0.2, -0.15) is 0 Å². The molecule has 1 aliphatic heterocycles. The maximum absolute atomic E-state index is 10.00. The smallest absolute Gasteiger partial charge is 0.0720 e. The van der Waals surface area contributed by atoms with E-state index in [1.807, 2.05) is 13.8 Å². The van der Waals surface area contributed by atoms with Crippen LogP contribution in [0.1, 0.15) is 39.5 Å². The molecule has 1 fully saturated rings. The number of aliphatic hydroxyl groups excluding tert-OH is 1. The Bertz CT molecular complexity index is 165. The van der Waals surface area contributed by atoms with Crippen molar-refractivity contribution < 1.29 is 9.84 Å². The molecule has 1 aliphatic rings. The average Bonchev–Trinajstić information content (AvgIpc) is 2.19. The third kappa shape index (κ3) is 3.56. The van der Waals surface area contributed by atoms with Gasteiger partial charge in [-0.1, -0.05) is 6.42 Å². The maximum atomic E-state index is 10.00. The summed E-state index contributed by atoms with van der Waals surface area (Å²) in [6, 6.07) is 0.262. The summed E-state index contributed by atoms with van der Waals surface area (Å²) in [5.74, 6) is 0. The van der Waals surface area contributed by atoms with Gasteiger partial charge in [0.15, 0.2) is 0 Å². The normalized spacial score (nSPS) is 26.1. The highest BCUT2D eigenvalue weighted by molar-refractivity contribution is 4.84. The number of rotatable bonds is 4. The summed E-state index contributed by atoms with van der Waals surface area (Å²) in [6.45, 7) is 5.06. The largest absolute Gasteiger partial charge is 0.391 e. The Morgan fingerprint density at radius 1 is 1.50 bits per heavy atom. The molecule has 0 bridgehead atoms. The molecule has 0 aliphatic carbocycles. The summed E-state index contributed by atoms with van der Waals surface area (Å²) in [4.78, 5) is 0. The predicted molar refractivity (Wildman–Crippen MR) is 57.4 cm³/mol. The molecule has 1 heterocycles. The van der Waals surface area contributed by atoms with Crippen molar-refractivity contribution in [3.05, 3.63) is 0 Å². The van der Waals surface area contributed by atoms with Gasteiger partial charge in [0.25, 0.3) is 0 Å². The van der Waals surface area contributed by atoms with E-state index < -0.39 is 0 Å². The zero-order valence-corrected chi connectivity index (χ0v) is 9.55. The van der Waals surface area contributed by atoms with Crippen molar-refractivity contribution in [3.63, 3.8) is 0 Å². The molecule has 1 saturated heterocycles. The topological polar surface area (TPSA) is 41.5 Å². The molecule has 0 aromatic rings. The van der Waals surface area contributed by atoms with E-state index in [0.717, 1.165) is 13.0 Å². The van der Waals surface area contributed by atoms with Gasteiger partial charge < -0.3 is 15.2 Å². The van der Waals surface area contributed by atoms with Crippen molar-refractivity contribution in [2.75, 3.05) is 13.7 Å². The molecule has 2 unspecified atom stereocenters. The number of hydrogen-bond donors (Lipinski definition) is 2. The van der Waals surface area contributed by atoms with Crippen LogP contribution in [0, 0.1) is 0 Å². The molecular weight excluding hydrogens is 178 g/mol. The Labute approximate surface area is 86.8 Å². The number of aliphatic hydroxyl groups is 1. The Kier molecular flexibility index (Phi) is 4.35. The summed E-state index contributed by atoms with van der Waals surface area (Å²) in [5.41, 5.74) is -0.224. The molecule has 0 aromatic carbocycles. The fourth-order valence-electron chi connectivity index (χ4n) is 1.94. The summed E-state index contributed by atoms with van der Waals surface area (Å²) in [5, 5.41) is 13.4. The molecule has 84 valence electrons. The Morgan fingerprint density at radius 2 is 2.21 bits per heavy atom. The van der Waals surface area contributed by atoms with Gasteiger partial charge in [0.05, 0.1) is 11.7 Å². The van der Waals surface area contributed by atoms with Gasteiger partial charge >= 0.3 is 0 Å². The molecule has 3 nitrogen and oxygen atoms in total. The van der Waals surface area contributed by atoms with E-state index in [-0.39, 0.29) is 17.7 Å². The van der Waals surface area contributed by atoms with Crippen LogP contribution in [0.5, 0.6) is 0 Å². The van der Waals surface area contributed by atoms with E-state index in [1.54, 1.807) is 7.11 Å². The van der Waals surface area contributed by atoms with Crippen LogP contribution in [-0.4, -0.2) is 36.5 Å². The molecule has 1 rings (SSSR count). The SMILES string of the molecule is COC(C)(C)CC(O)C1CCCCN1. The van der Waals surface area contributed by atoms with Crippen molar-refractivity contribution in [3.8, 4) is 0 Å². The van der Waals surface area contributed by atoms with Crippen LogP contribution in [0.3, 0.4) is 0 Å². The fraction of sp³-hybridized carbons (Fsp3) is 1.00. The van der Waals surface area contributed by atoms with Crippen molar-refractivity contribution in [1.29, 1.82) is 0 Å². The van der Waals surface area contributed by atoms with Gasteiger partial charge in [-0.15, -0.1) is 0 Å². The number of nitrogens with one attached hydrogen (secondary N) is 1. The van der Waals surface area contributed by atoms with E-state index in [0.29, 0.717) is 6.42 Å². The third-order valence-electron chi connectivity index (χ3n) is 3.07. The second kappa shape index (κ2) is 5.10. The summed E-state index contributed by atoms with van der Waals surface area (Å²) in [7, 11) is 1.70. The van der Waals surface area contributed by atoms with Gasteiger partial charge in [-0.05, 0) is 33.2 Å². The molecule has 3 heteroatoms. The minimum absolute atomic E-state index is 0.224. The minimum atomic E-state index is -0.287. The summed E-state index contributed by atoms with van der Waals surface area (Å²) < 4.78 is 5.31. The zero-order chi connectivity index (χ0) is 10.6. The van der Waals surface area contributed by atoms with Crippen LogP contribution in [0.25, 0.3) is 0 Å². The van der Waals surface area contributed by atoms with Crippen LogP contribution < -0.4 is 5.32 Å². The first-order chi connectivity index (χ1) is 6.55. The lowest BCUT2D eigenvalue weighted by atomic mass is 9.92. The van der Waals surface area contributed by atoms with Crippen LogP contribution in [0.4, 0.5) is 0 Å². The molecule has 14 heavy (non-hydrogen) atoms. The highest BCUT2D eigenvalue weighted by Gasteiger charge is 2.27. The second-order valence-electron chi connectivity index (χ2n) is 4.79. The summed E-state index contributed by atoms with van der Waals surface area (Å²) in [6.07, 6.45) is 3.95. The molecular formula is C11H23NO2. The molecule has 2 atom stereocenters. The highest BCUT2D eigenvalue weighted by Crippen LogP contribution is 2.20. The van der Waals surface area contributed by atoms with Crippen LogP contribution in [-0.2, 0) is 4.74 Å². The number of ether oxygens (including phenoxy) is 1. The lowest BCUT2D eigenvalue weighted by Gasteiger charge is -2.33. The molecule has 0 spiro atoms. The third-order valence-corrected chi connectivity index (χ3v) is 3.07. The molecule has 0 radical (unpaired) electrons. The molecule has 0 amide bonds.